The molecule has 1 amide bonds. The van der Waals surface area contributed by atoms with Crippen LogP contribution >= 0.6 is 0 Å². The van der Waals surface area contributed by atoms with E-state index in [0.29, 0.717) is 23.0 Å². The van der Waals surface area contributed by atoms with Crippen molar-refractivity contribution in [3.63, 3.8) is 0 Å². The Balaban J connectivity index is 2.02. The lowest BCUT2D eigenvalue weighted by molar-refractivity contribution is -0.383. The smallest absolute Gasteiger partial charge is 0.278 e. The Hall–Kier alpha value is -2.54. The van der Waals surface area contributed by atoms with E-state index in [4.69, 9.17) is 0 Å². The van der Waals surface area contributed by atoms with E-state index in [-0.39, 0.29) is 24.1 Å². The van der Waals surface area contributed by atoms with Crippen LogP contribution < -0.4 is 0 Å². The van der Waals surface area contributed by atoms with Crippen LogP contribution in [0.5, 0.6) is 0 Å². The highest BCUT2D eigenvalue weighted by molar-refractivity contribution is 6.07. The zero-order valence-electron chi connectivity index (χ0n) is 12.7. The number of carbonyl (C=O) groups is 1. The second kappa shape index (κ2) is 5.92. The summed E-state index contributed by atoms with van der Waals surface area (Å²) in [6.45, 7) is 2.78. The van der Waals surface area contributed by atoms with E-state index in [9.17, 15) is 20.0 Å². The molecule has 1 aromatic carbocycles. The number of nitro benzene ring substituents is 1. The molecule has 7 nitrogen and oxygen atoms in total. The van der Waals surface area contributed by atoms with E-state index >= 15 is 0 Å². The van der Waals surface area contributed by atoms with Crippen molar-refractivity contribution in [2.24, 2.45) is 5.92 Å². The third-order valence-electron chi connectivity index (χ3n) is 4.38. The Morgan fingerprint density at radius 2 is 2.22 bits per heavy atom. The normalized spacial score (nSPS) is 21.4. The van der Waals surface area contributed by atoms with Crippen LogP contribution in [-0.4, -0.2) is 45.0 Å². The van der Waals surface area contributed by atoms with E-state index in [1.807, 2.05) is 6.92 Å². The molecule has 1 N–H and O–H groups in total. The molecule has 1 aliphatic heterocycles. The number of aliphatic hydroxyl groups excluding tert-OH is 1. The zero-order chi connectivity index (χ0) is 16.6. The molecule has 2 aromatic rings. The van der Waals surface area contributed by atoms with Crippen molar-refractivity contribution in [3.05, 3.63) is 46.1 Å². The first kappa shape index (κ1) is 15.4. The minimum atomic E-state index is -0.551. The third-order valence-corrected chi connectivity index (χ3v) is 4.38. The summed E-state index contributed by atoms with van der Waals surface area (Å²) in [4.78, 5) is 29.1. The summed E-state index contributed by atoms with van der Waals surface area (Å²) < 4.78 is 0. The van der Waals surface area contributed by atoms with E-state index in [1.165, 1.54) is 18.3 Å². The first-order valence-electron chi connectivity index (χ1n) is 7.48. The predicted octanol–water partition coefficient (Wildman–Crippen LogP) is 1.99. The van der Waals surface area contributed by atoms with Gasteiger partial charge in [-0.3, -0.25) is 19.9 Å². The molecule has 7 heteroatoms. The van der Waals surface area contributed by atoms with Gasteiger partial charge in [0, 0.05) is 25.4 Å². The molecule has 3 rings (SSSR count). The summed E-state index contributed by atoms with van der Waals surface area (Å²) in [5, 5.41) is 21.4. The molecule has 0 spiro atoms. The van der Waals surface area contributed by atoms with E-state index < -0.39 is 11.0 Å². The minimum absolute atomic E-state index is 0.0723. The van der Waals surface area contributed by atoms with Crippen LogP contribution in [0, 0.1) is 16.0 Å². The van der Waals surface area contributed by atoms with Crippen molar-refractivity contribution < 1.29 is 14.8 Å². The first-order chi connectivity index (χ1) is 11.0. The molecule has 1 fully saturated rings. The summed E-state index contributed by atoms with van der Waals surface area (Å²) in [7, 11) is 0. The molecule has 0 bridgehead atoms. The van der Waals surface area contributed by atoms with Crippen LogP contribution in [0.15, 0.2) is 30.5 Å². The van der Waals surface area contributed by atoms with Gasteiger partial charge in [0.25, 0.3) is 11.6 Å². The number of hydrogen-bond donors (Lipinski definition) is 1. The Morgan fingerprint density at radius 1 is 1.43 bits per heavy atom. The summed E-state index contributed by atoms with van der Waals surface area (Å²) in [5.41, 5.74) is 0.574. The number of piperidine rings is 1. The van der Waals surface area contributed by atoms with Crippen LogP contribution in [0.4, 0.5) is 5.69 Å². The highest BCUT2D eigenvalue weighted by atomic mass is 16.6. The number of aliphatic hydroxyl groups is 1. The van der Waals surface area contributed by atoms with E-state index in [1.54, 1.807) is 17.0 Å². The Labute approximate surface area is 132 Å². The number of nitro groups is 1. The number of amides is 1. The van der Waals surface area contributed by atoms with Crippen molar-refractivity contribution >= 4 is 22.5 Å². The standard InChI is InChI=1S/C16H17N3O4/c1-10-6-8-18(9-14(10)20)16(21)12-4-5-13(19(22)23)11-3-2-7-17-15(11)12/h2-5,7,10,14,20H,6,8-9H2,1H3. The van der Waals surface area contributed by atoms with Crippen LogP contribution in [0.3, 0.4) is 0 Å². The molecule has 2 atom stereocenters. The molecule has 0 saturated carbocycles. The lowest BCUT2D eigenvalue weighted by atomic mass is 9.95. The summed E-state index contributed by atoms with van der Waals surface area (Å²) >= 11 is 0. The average molecular weight is 315 g/mol. The highest BCUT2D eigenvalue weighted by Crippen LogP contribution is 2.28. The maximum atomic E-state index is 12.8. The number of fused-ring (bicyclic) bond motifs is 1. The molecule has 1 aromatic heterocycles. The zero-order valence-corrected chi connectivity index (χ0v) is 12.7. The predicted molar refractivity (Wildman–Crippen MR) is 84.1 cm³/mol. The number of nitrogens with zero attached hydrogens (tertiary/aromatic N) is 3. The van der Waals surface area contributed by atoms with Gasteiger partial charge in [-0.1, -0.05) is 6.92 Å². The molecule has 120 valence electrons. The maximum Gasteiger partial charge on any atom is 0.278 e. The number of β-amino-alcohol motifs (C(OH)–C–C–N with tert-alkyl or cyclic N) is 1. The van der Waals surface area contributed by atoms with Crippen molar-refractivity contribution in [3.8, 4) is 0 Å². The van der Waals surface area contributed by atoms with Crippen molar-refractivity contribution in [2.45, 2.75) is 19.4 Å². The SMILES string of the molecule is CC1CCN(C(=O)c2ccc([N+](=O)[O-])c3cccnc23)CC1O. The summed E-state index contributed by atoms with van der Waals surface area (Å²) in [6, 6.07) is 5.97. The molecule has 2 heterocycles. The Bertz CT molecular complexity index is 777. The van der Waals surface area contributed by atoms with E-state index in [0.717, 1.165) is 6.42 Å². The second-order valence-electron chi connectivity index (χ2n) is 5.87. The summed E-state index contributed by atoms with van der Waals surface area (Å²) in [6.07, 6.45) is 1.69. The van der Waals surface area contributed by atoms with Gasteiger partial charge in [-0.25, -0.2) is 0 Å². The van der Waals surface area contributed by atoms with Crippen molar-refractivity contribution in [1.82, 2.24) is 9.88 Å². The van der Waals surface area contributed by atoms with Crippen LogP contribution in [0.2, 0.25) is 0 Å². The number of carbonyl (C=O) groups excluding carboxylic acids is 1. The lowest BCUT2D eigenvalue weighted by Crippen LogP contribution is -2.45. The Morgan fingerprint density at radius 3 is 2.91 bits per heavy atom. The maximum absolute atomic E-state index is 12.8. The minimum Gasteiger partial charge on any atom is -0.391 e. The van der Waals surface area contributed by atoms with Gasteiger partial charge >= 0.3 is 0 Å². The van der Waals surface area contributed by atoms with Gasteiger partial charge < -0.3 is 10.0 Å². The van der Waals surface area contributed by atoms with Crippen LogP contribution in [-0.2, 0) is 0 Å². The van der Waals surface area contributed by atoms with Crippen LogP contribution in [0.25, 0.3) is 10.9 Å². The number of aromatic nitrogens is 1. The monoisotopic (exact) mass is 315 g/mol. The van der Waals surface area contributed by atoms with Gasteiger partial charge in [-0.05, 0) is 30.5 Å². The van der Waals surface area contributed by atoms with Crippen molar-refractivity contribution in [2.75, 3.05) is 13.1 Å². The van der Waals surface area contributed by atoms with Gasteiger partial charge in [0.05, 0.1) is 27.5 Å². The van der Waals surface area contributed by atoms with Gasteiger partial charge in [0.1, 0.15) is 0 Å². The van der Waals surface area contributed by atoms with Gasteiger partial charge in [0.2, 0.25) is 0 Å². The fourth-order valence-corrected chi connectivity index (χ4v) is 2.89. The fraction of sp³-hybridized carbons (Fsp3) is 0.375. The Kier molecular flexibility index (Phi) is 3.96. The molecule has 1 saturated heterocycles. The number of benzene rings is 1. The molecule has 0 radical (unpaired) electrons. The average Bonchev–Trinajstić information content (AvgIpc) is 2.55. The lowest BCUT2D eigenvalue weighted by Gasteiger charge is -2.34. The van der Waals surface area contributed by atoms with Gasteiger partial charge in [-0.15, -0.1) is 0 Å². The number of likely N-dealkylation sites (tertiary alicyclic amines) is 1. The molecular formula is C16H17N3O4. The quantitative estimate of drug-likeness (QED) is 0.675. The molecular weight excluding hydrogens is 298 g/mol. The largest absolute Gasteiger partial charge is 0.391 e. The topological polar surface area (TPSA) is 96.6 Å². The first-order valence-corrected chi connectivity index (χ1v) is 7.48. The number of non-ortho nitro benzene ring substituents is 1. The molecule has 0 aliphatic carbocycles. The fourth-order valence-electron chi connectivity index (χ4n) is 2.89. The number of pyridine rings is 1. The van der Waals surface area contributed by atoms with Crippen LogP contribution in [0.1, 0.15) is 23.7 Å². The molecule has 23 heavy (non-hydrogen) atoms. The van der Waals surface area contributed by atoms with Gasteiger partial charge in [0.15, 0.2) is 0 Å². The highest BCUT2D eigenvalue weighted by Gasteiger charge is 2.29. The second-order valence-corrected chi connectivity index (χ2v) is 5.87. The number of rotatable bonds is 2. The third kappa shape index (κ3) is 2.75. The van der Waals surface area contributed by atoms with Gasteiger partial charge in [-0.2, -0.15) is 0 Å². The van der Waals surface area contributed by atoms with E-state index in [2.05, 4.69) is 4.98 Å². The summed E-state index contributed by atoms with van der Waals surface area (Å²) in [5.74, 6) is -0.0969. The van der Waals surface area contributed by atoms with Crippen molar-refractivity contribution in [1.29, 1.82) is 0 Å². The molecule has 2 unspecified atom stereocenters. The number of hydrogen-bond acceptors (Lipinski definition) is 5. The molecule has 1 aliphatic rings.